The first kappa shape index (κ1) is 23.0. The molecule has 3 rings (SSSR count). The lowest BCUT2D eigenvalue weighted by Gasteiger charge is -2.39. The summed E-state index contributed by atoms with van der Waals surface area (Å²) in [4.78, 5) is 13.6. The third kappa shape index (κ3) is 5.72. The minimum Gasteiger partial charge on any atom is -0.490 e. The van der Waals surface area contributed by atoms with E-state index in [0.717, 1.165) is 18.4 Å². The van der Waals surface area contributed by atoms with E-state index in [1.807, 2.05) is 0 Å². The van der Waals surface area contributed by atoms with E-state index in [4.69, 9.17) is 9.47 Å². The minimum atomic E-state index is -3.38. The number of halogens is 2. The number of carbonyl (C=O) groups excluding carboxylic acids is 1. The summed E-state index contributed by atoms with van der Waals surface area (Å²) >= 11 is 0. The molecule has 0 aromatic heterocycles. The molecule has 2 aromatic rings. The second kappa shape index (κ2) is 8.45. The summed E-state index contributed by atoms with van der Waals surface area (Å²) in [6.45, 7) is 6.33. The fourth-order valence-corrected chi connectivity index (χ4v) is 3.73. The number of nitrogens with zero attached hydrogens (tertiary/aromatic N) is 1. The molecule has 0 bridgehead atoms. The maximum Gasteiger partial charge on any atom is 0.410 e. The zero-order valence-corrected chi connectivity index (χ0v) is 18.6. The molecule has 1 aliphatic rings. The van der Waals surface area contributed by atoms with Crippen LogP contribution in [0.1, 0.15) is 20.8 Å². The van der Waals surface area contributed by atoms with Crippen molar-refractivity contribution in [1.82, 2.24) is 4.90 Å². The number of rotatable bonds is 5. The highest BCUT2D eigenvalue weighted by atomic mass is 32.2. The van der Waals surface area contributed by atoms with Gasteiger partial charge in [-0.1, -0.05) is 12.1 Å². The molecule has 1 saturated heterocycles. The van der Waals surface area contributed by atoms with Crippen LogP contribution in [0.2, 0.25) is 0 Å². The molecule has 0 unspecified atom stereocenters. The first-order valence-corrected chi connectivity index (χ1v) is 11.6. The van der Waals surface area contributed by atoms with Crippen molar-refractivity contribution in [3.05, 3.63) is 48.0 Å². The van der Waals surface area contributed by atoms with Gasteiger partial charge in [0.25, 0.3) is 0 Å². The predicted molar refractivity (Wildman–Crippen MR) is 112 cm³/mol. The van der Waals surface area contributed by atoms with Crippen LogP contribution in [0.25, 0.3) is 11.1 Å². The van der Waals surface area contributed by atoms with Crippen molar-refractivity contribution in [3.63, 3.8) is 0 Å². The van der Waals surface area contributed by atoms with Crippen molar-refractivity contribution in [1.29, 1.82) is 0 Å². The van der Waals surface area contributed by atoms with E-state index in [9.17, 15) is 22.0 Å². The monoisotopic (exact) mass is 453 g/mol. The Morgan fingerprint density at radius 1 is 1.10 bits per heavy atom. The van der Waals surface area contributed by atoms with Crippen molar-refractivity contribution >= 4 is 15.9 Å². The van der Waals surface area contributed by atoms with Gasteiger partial charge in [-0.25, -0.2) is 22.0 Å². The standard InChI is InChI=1S/C22H25F2NO5S/c1-22(2,3)30-21(26)25-11-14(12-25)13-29-20-10-18(23)17(9-19(20)24)15-5-7-16(8-6-15)31(4,27)28/h5-10,14H,11-13H2,1-4H3. The summed E-state index contributed by atoms with van der Waals surface area (Å²) in [6, 6.07) is 7.54. The van der Waals surface area contributed by atoms with E-state index in [1.165, 1.54) is 29.2 Å². The van der Waals surface area contributed by atoms with Gasteiger partial charge in [0.1, 0.15) is 11.4 Å². The van der Waals surface area contributed by atoms with Crippen molar-refractivity contribution < 1.29 is 31.5 Å². The first-order valence-electron chi connectivity index (χ1n) is 9.74. The zero-order valence-electron chi connectivity index (χ0n) is 17.8. The van der Waals surface area contributed by atoms with E-state index in [1.54, 1.807) is 20.8 Å². The lowest BCUT2D eigenvalue weighted by Crippen LogP contribution is -2.53. The Kier molecular flexibility index (Phi) is 6.27. The molecule has 1 aliphatic heterocycles. The first-order chi connectivity index (χ1) is 14.3. The Balaban J connectivity index is 1.61. The van der Waals surface area contributed by atoms with Crippen LogP contribution in [-0.2, 0) is 14.6 Å². The van der Waals surface area contributed by atoms with Crippen LogP contribution in [0.4, 0.5) is 13.6 Å². The third-order valence-corrected chi connectivity index (χ3v) is 5.83. The normalized spacial score (nSPS) is 14.8. The topological polar surface area (TPSA) is 72.9 Å². The Morgan fingerprint density at radius 2 is 1.71 bits per heavy atom. The van der Waals surface area contributed by atoms with Crippen LogP contribution < -0.4 is 4.74 Å². The molecule has 0 radical (unpaired) electrons. The van der Waals surface area contributed by atoms with Gasteiger partial charge in [0.15, 0.2) is 21.4 Å². The predicted octanol–water partition coefficient (Wildman–Crippen LogP) is 4.28. The summed E-state index contributed by atoms with van der Waals surface area (Å²) in [5, 5.41) is 0. The van der Waals surface area contributed by atoms with Gasteiger partial charge >= 0.3 is 6.09 Å². The Morgan fingerprint density at radius 3 is 2.26 bits per heavy atom. The Labute approximate surface area is 180 Å². The fourth-order valence-electron chi connectivity index (χ4n) is 3.10. The number of ether oxygens (including phenoxy) is 2. The number of sulfone groups is 1. The van der Waals surface area contributed by atoms with Gasteiger partial charge in [0, 0.05) is 36.9 Å². The van der Waals surface area contributed by atoms with E-state index < -0.39 is 33.2 Å². The lowest BCUT2D eigenvalue weighted by atomic mass is 10.0. The summed E-state index contributed by atoms with van der Waals surface area (Å²) in [7, 11) is -3.38. The molecule has 1 heterocycles. The quantitative estimate of drug-likeness (QED) is 0.676. The summed E-state index contributed by atoms with van der Waals surface area (Å²) in [5.74, 6) is -1.64. The molecule has 0 spiro atoms. The molecule has 168 valence electrons. The molecule has 6 nitrogen and oxygen atoms in total. The molecule has 0 N–H and O–H groups in total. The highest BCUT2D eigenvalue weighted by Gasteiger charge is 2.34. The van der Waals surface area contributed by atoms with Crippen molar-refractivity contribution in [2.24, 2.45) is 5.92 Å². The van der Waals surface area contributed by atoms with Gasteiger partial charge in [-0.15, -0.1) is 0 Å². The SMILES string of the molecule is CC(C)(C)OC(=O)N1CC(COc2cc(F)c(-c3ccc(S(C)(=O)=O)cc3)cc2F)C1. The van der Waals surface area contributed by atoms with E-state index >= 15 is 0 Å². The number of likely N-dealkylation sites (tertiary alicyclic amines) is 1. The summed E-state index contributed by atoms with van der Waals surface area (Å²) in [5.41, 5.74) is -0.223. The van der Waals surface area contributed by atoms with E-state index in [-0.39, 0.29) is 28.7 Å². The highest BCUT2D eigenvalue weighted by molar-refractivity contribution is 7.90. The number of amides is 1. The minimum absolute atomic E-state index is 0.00167. The number of hydrogen-bond donors (Lipinski definition) is 0. The second-order valence-corrected chi connectivity index (χ2v) is 10.6. The van der Waals surface area contributed by atoms with Gasteiger partial charge in [0.2, 0.25) is 0 Å². The maximum absolute atomic E-state index is 14.6. The molecule has 0 saturated carbocycles. The molecular weight excluding hydrogens is 428 g/mol. The number of hydrogen-bond acceptors (Lipinski definition) is 5. The highest BCUT2D eigenvalue weighted by Crippen LogP contribution is 2.30. The molecule has 1 amide bonds. The summed E-state index contributed by atoms with van der Waals surface area (Å²) in [6.07, 6.45) is 0.663. The molecule has 9 heteroatoms. The average molecular weight is 454 g/mol. The smallest absolute Gasteiger partial charge is 0.410 e. The molecule has 1 fully saturated rings. The van der Waals surface area contributed by atoms with Crippen molar-refractivity contribution in [2.75, 3.05) is 26.0 Å². The lowest BCUT2D eigenvalue weighted by molar-refractivity contribution is -0.00806. The Bertz CT molecular complexity index is 1070. The van der Waals surface area contributed by atoms with Crippen molar-refractivity contribution in [3.8, 4) is 16.9 Å². The Hall–Kier alpha value is -2.68. The molecular formula is C22H25F2NO5S. The van der Waals surface area contributed by atoms with Crippen LogP contribution in [0, 0.1) is 17.6 Å². The van der Waals surface area contributed by atoms with Gasteiger partial charge in [-0.3, -0.25) is 0 Å². The van der Waals surface area contributed by atoms with Crippen LogP contribution >= 0.6 is 0 Å². The van der Waals surface area contributed by atoms with Crippen LogP contribution in [0.3, 0.4) is 0 Å². The van der Waals surface area contributed by atoms with E-state index in [2.05, 4.69) is 0 Å². The second-order valence-electron chi connectivity index (χ2n) is 8.62. The number of carbonyl (C=O) groups is 1. The van der Waals surface area contributed by atoms with Gasteiger partial charge in [-0.05, 0) is 44.5 Å². The van der Waals surface area contributed by atoms with Crippen LogP contribution in [0.15, 0.2) is 41.3 Å². The van der Waals surface area contributed by atoms with Gasteiger partial charge in [0.05, 0.1) is 11.5 Å². The largest absolute Gasteiger partial charge is 0.490 e. The molecule has 2 aromatic carbocycles. The average Bonchev–Trinajstić information content (AvgIpc) is 2.60. The van der Waals surface area contributed by atoms with Crippen LogP contribution in [0.5, 0.6) is 5.75 Å². The van der Waals surface area contributed by atoms with Gasteiger partial charge in [-0.2, -0.15) is 0 Å². The zero-order chi connectivity index (χ0) is 23.0. The molecule has 0 aliphatic carbocycles. The summed E-state index contributed by atoms with van der Waals surface area (Å²) < 4.78 is 62.8. The van der Waals surface area contributed by atoms with E-state index in [0.29, 0.717) is 18.7 Å². The van der Waals surface area contributed by atoms with Crippen molar-refractivity contribution in [2.45, 2.75) is 31.3 Å². The van der Waals surface area contributed by atoms with Crippen LogP contribution in [-0.4, -0.2) is 51.0 Å². The maximum atomic E-state index is 14.6. The number of benzene rings is 2. The van der Waals surface area contributed by atoms with Gasteiger partial charge < -0.3 is 14.4 Å². The molecule has 0 atom stereocenters. The third-order valence-electron chi connectivity index (χ3n) is 4.70. The molecule has 31 heavy (non-hydrogen) atoms. The fraction of sp³-hybridized carbons (Fsp3) is 0.409.